The van der Waals surface area contributed by atoms with Crippen molar-refractivity contribution >= 4 is 73.5 Å². The second kappa shape index (κ2) is 12.6. The highest BCUT2D eigenvalue weighted by Gasteiger charge is 2.34. The molecule has 0 aliphatic carbocycles. The van der Waals surface area contributed by atoms with Crippen molar-refractivity contribution in [3.8, 4) is 5.75 Å². The van der Waals surface area contributed by atoms with Crippen LogP contribution >= 0.6 is 61.5 Å². The van der Waals surface area contributed by atoms with Gasteiger partial charge in [0.2, 0.25) is 0 Å². The first-order valence-electron chi connectivity index (χ1n) is 12.5. The van der Waals surface area contributed by atoms with E-state index in [-0.39, 0.29) is 30.2 Å². The number of hydrogen-bond acceptors (Lipinski definition) is 6. The Hall–Kier alpha value is -2.80. The van der Waals surface area contributed by atoms with E-state index in [0.29, 0.717) is 42.5 Å². The molecule has 1 aliphatic rings. The summed E-state index contributed by atoms with van der Waals surface area (Å²) in [4.78, 5) is 32.2. The summed E-state index contributed by atoms with van der Waals surface area (Å²) >= 11 is 13.5. The molecule has 4 aromatic rings. The predicted octanol–water partition coefficient (Wildman–Crippen LogP) is 6.54. The number of fused-ring (bicyclic) bond motifs is 1. The third-order valence-corrected chi connectivity index (χ3v) is 8.96. The molecule has 5 rings (SSSR count). The summed E-state index contributed by atoms with van der Waals surface area (Å²) < 4.78 is 29.1. The second-order valence-corrected chi connectivity index (χ2v) is 12.5. The lowest BCUT2D eigenvalue weighted by atomic mass is 9.96. The highest BCUT2D eigenvalue weighted by atomic mass is 127. The Morgan fingerprint density at radius 2 is 1.95 bits per heavy atom. The number of esters is 1. The Kier molecular flexibility index (Phi) is 9.12. The van der Waals surface area contributed by atoms with Crippen molar-refractivity contribution in [3.05, 3.63) is 127 Å². The fourth-order valence-electron chi connectivity index (χ4n) is 4.53. The number of ether oxygens (including phenoxy) is 2. The first-order chi connectivity index (χ1) is 19.7. The average Bonchev–Trinajstić information content (AvgIpc) is 3.22. The van der Waals surface area contributed by atoms with Crippen LogP contribution in [-0.4, -0.2) is 17.1 Å². The van der Waals surface area contributed by atoms with Crippen molar-refractivity contribution in [2.24, 2.45) is 4.99 Å². The fourth-order valence-corrected chi connectivity index (χ4v) is 7.51. The zero-order chi connectivity index (χ0) is 29.3. The molecule has 6 nitrogen and oxygen atoms in total. The average molecular weight is 768 g/mol. The Labute approximate surface area is 266 Å². The third kappa shape index (κ3) is 6.06. The van der Waals surface area contributed by atoms with E-state index < -0.39 is 12.0 Å². The maximum absolute atomic E-state index is 14.3. The van der Waals surface area contributed by atoms with Crippen LogP contribution in [-0.2, 0) is 16.1 Å². The number of benzene rings is 3. The summed E-state index contributed by atoms with van der Waals surface area (Å²) in [5, 5.41) is 0.411. The van der Waals surface area contributed by atoms with Crippen molar-refractivity contribution in [2.45, 2.75) is 26.5 Å². The van der Waals surface area contributed by atoms with E-state index >= 15 is 0 Å². The first kappa shape index (κ1) is 29.7. The van der Waals surface area contributed by atoms with Gasteiger partial charge in [0.1, 0.15) is 24.2 Å². The van der Waals surface area contributed by atoms with E-state index in [4.69, 9.17) is 21.1 Å². The normalized spacial score (nSPS) is 15.0. The minimum Gasteiger partial charge on any atom is -0.487 e. The first-order valence-corrected chi connectivity index (χ1v) is 15.6. The molecule has 0 radical (unpaired) electrons. The molecule has 0 amide bonds. The molecule has 1 atom stereocenters. The van der Waals surface area contributed by atoms with Gasteiger partial charge < -0.3 is 9.47 Å². The Morgan fingerprint density at radius 3 is 2.68 bits per heavy atom. The van der Waals surface area contributed by atoms with Gasteiger partial charge in [0.05, 0.1) is 26.0 Å². The van der Waals surface area contributed by atoms with E-state index in [1.54, 1.807) is 62.4 Å². The second-order valence-electron chi connectivity index (χ2n) is 9.01. The largest absolute Gasteiger partial charge is 0.487 e. The smallest absolute Gasteiger partial charge is 0.338 e. The van der Waals surface area contributed by atoms with Gasteiger partial charge in [-0.3, -0.25) is 9.36 Å². The Balaban J connectivity index is 1.67. The van der Waals surface area contributed by atoms with Crippen molar-refractivity contribution in [3.63, 3.8) is 0 Å². The van der Waals surface area contributed by atoms with Crippen molar-refractivity contribution in [1.29, 1.82) is 0 Å². The van der Waals surface area contributed by atoms with Gasteiger partial charge >= 0.3 is 5.97 Å². The maximum atomic E-state index is 14.3. The van der Waals surface area contributed by atoms with Gasteiger partial charge in [-0.2, -0.15) is 0 Å². The summed E-state index contributed by atoms with van der Waals surface area (Å²) in [6, 6.07) is 16.4. The van der Waals surface area contributed by atoms with Gasteiger partial charge in [-0.15, -0.1) is 0 Å². The van der Waals surface area contributed by atoms with E-state index in [1.807, 2.05) is 12.1 Å². The summed E-state index contributed by atoms with van der Waals surface area (Å²) in [5.41, 5.74) is 1.99. The summed E-state index contributed by atoms with van der Waals surface area (Å²) in [6.45, 7) is 3.63. The SMILES string of the molecule is CCOC(=O)C1=C(C)N=c2s/c(=C\c3cc(Br)cc(I)c3OCc3ccccc3F)c(=O)n2[C@H]1c1ccccc1Cl. The van der Waals surface area contributed by atoms with Crippen molar-refractivity contribution in [1.82, 2.24) is 4.57 Å². The molecule has 1 aliphatic heterocycles. The van der Waals surface area contributed by atoms with Crippen LogP contribution in [0.1, 0.15) is 36.6 Å². The van der Waals surface area contributed by atoms with Crippen LogP contribution in [0.2, 0.25) is 5.02 Å². The van der Waals surface area contributed by atoms with Gasteiger partial charge in [-0.1, -0.05) is 75.3 Å². The van der Waals surface area contributed by atoms with E-state index in [0.717, 1.165) is 8.04 Å². The fraction of sp³-hybridized carbons (Fsp3) is 0.167. The van der Waals surface area contributed by atoms with E-state index in [2.05, 4.69) is 43.5 Å². The molecule has 2 heterocycles. The van der Waals surface area contributed by atoms with E-state index in [1.165, 1.54) is 22.0 Å². The summed E-state index contributed by atoms with van der Waals surface area (Å²) in [6.07, 6.45) is 1.72. The molecule has 0 spiro atoms. The minimum absolute atomic E-state index is 0.0149. The lowest BCUT2D eigenvalue weighted by Crippen LogP contribution is -2.40. The standard InChI is InChI=1S/C30H22BrClFIN2O4S/c1-3-39-29(38)25-16(2)35-30-36(26(25)20-9-5-6-10-21(20)32)28(37)24(41-30)13-18-12-19(31)14-23(34)27(18)40-15-17-8-4-7-11-22(17)33/h4-14,26H,3,15H2,1-2H3/b24-13-/t26-/m0/s1. The number of thiazole rings is 1. The maximum Gasteiger partial charge on any atom is 0.338 e. The van der Waals surface area contributed by atoms with Crippen LogP contribution in [0.4, 0.5) is 4.39 Å². The number of allylic oxidation sites excluding steroid dienone is 1. The lowest BCUT2D eigenvalue weighted by molar-refractivity contribution is -0.139. The van der Waals surface area contributed by atoms with E-state index in [9.17, 15) is 14.0 Å². The van der Waals surface area contributed by atoms with Crippen LogP contribution < -0.4 is 19.6 Å². The molecule has 41 heavy (non-hydrogen) atoms. The molecule has 0 unspecified atom stereocenters. The number of aromatic nitrogens is 1. The van der Waals surface area contributed by atoms with Crippen LogP contribution in [0.25, 0.3) is 6.08 Å². The van der Waals surface area contributed by atoms with Gasteiger partial charge in [-0.25, -0.2) is 14.2 Å². The van der Waals surface area contributed by atoms with Crippen LogP contribution in [0.5, 0.6) is 5.75 Å². The Morgan fingerprint density at radius 1 is 1.22 bits per heavy atom. The summed E-state index contributed by atoms with van der Waals surface area (Å²) in [5.74, 6) is -0.408. The number of hydrogen-bond donors (Lipinski definition) is 0. The zero-order valence-electron chi connectivity index (χ0n) is 21.8. The zero-order valence-corrected chi connectivity index (χ0v) is 27.1. The summed E-state index contributed by atoms with van der Waals surface area (Å²) in [7, 11) is 0. The monoisotopic (exact) mass is 766 g/mol. The number of halogens is 4. The molecule has 3 aromatic carbocycles. The van der Waals surface area contributed by atoms with Gasteiger partial charge in [0.25, 0.3) is 5.56 Å². The molecule has 0 bridgehead atoms. The van der Waals surface area contributed by atoms with Gasteiger partial charge in [0, 0.05) is 20.6 Å². The molecular weight excluding hydrogens is 746 g/mol. The molecule has 210 valence electrons. The topological polar surface area (TPSA) is 69.9 Å². The Bertz CT molecular complexity index is 1890. The van der Waals surface area contributed by atoms with Crippen molar-refractivity contribution < 1.29 is 18.7 Å². The third-order valence-electron chi connectivity index (χ3n) is 6.37. The number of carbonyl (C=O) groups excluding carboxylic acids is 1. The molecule has 0 saturated heterocycles. The molecule has 0 saturated carbocycles. The molecule has 0 fully saturated rings. The van der Waals surface area contributed by atoms with Crippen LogP contribution in [0, 0.1) is 9.39 Å². The number of rotatable bonds is 7. The van der Waals surface area contributed by atoms with Gasteiger partial charge in [0.15, 0.2) is 4.80 Å². The van der Waals surface area contributed by atoms with Crippen LogP contribution in [0.15, 0.2) is 86.2 Å². The number of carbonyl (C=O) groups is 1. The van der Waals surface area contributed by atoms with Crippen molar-refractivity contribution in [2.75, 3.05) is 6.61 Å². The minimum atomic E-state index is -0.819. The highest BCUT2D eigenvalue weighted by molar-refractivity contribution is 14.1. The lowest BCUT2D eigenvalue weighted by Gasteiger charge is -2.25. The molecule has 1 aromatic heterocycles. The number of nitrogens with zero attached hydrogens (tertiary/aromatic N) is 2. The predicted molar refractivity (Wildman–Crippen MR) is 169 cm³/mol. The van der Waals surface area contributed by atoms with Gasteiger partial charge in [-0.05, 0) is 72.3 Å². The molecule has 0 N–H and O–H groups in total. The quantitative estimate of drug-likeness (QED) is 0.158. The highest BCUT2D eigenvalue weighted by Crippen LogP contribution is 2.35. The van der Waals surface area contributed by atoms with Crippen LogP contribution in [0.3, 0.4) is 0 Å². The molecular formula is C30H22BrClFIN2O4S. The molecule has 11 heteroatoms.